The molecule has 1 aromatic carbocycles. The van der Waals surface area contributed by atoms with Gasteiger partial charge in [0.15, 0.2) is 0 Å². The average Bonchev–Trinajstić information content (AvgIpc) is 2.15. The molecule has 0 N–H and O–H groups in total. The van der Waals surface area contributed by atoms with Crippen molar-refractivity contribution in [3.8, 4) is 0 Å². The van der Waals surface area contributed by atoms with Crippen molar-refractivity contribution >= 4 is 0 Å². The van der Waals surface area contributed by atoms with Gasteiger partial charge in [0.25, 0.3) is 5.92 Å². The minimum Gasteiger partial charge on any atom is -0.201 e. The Morgan fingerprint density at radius 3 is 1.71 bits per heavy atom. The fourth-order valence-electron chi connectivity index (χ4n) is 1.61. The van der Waals surface area contributed by atoms with Gasteiger partial charge in [-0.05, 0) is 17.0 Å². The molecule has 0 aromatic heterocycles. The zero-order chi connectivity index (χ0) is 13.5. The summed E-state index contributed by atoms with van der Waals surface area (Å²) in [5.41, 5.74) is -0.121. The molecule has 96 valence electrons. The van der Waals surface area contributed by atoms with E-state index in [0.29, 0.717) is 0 Å². The second-order valence-corrected chi connectivity index (χ2v) is 6.66. The van der Waals surface area contributed by atoms with Crippen LogP contribution in [0.25, 0.3) is 0 Å². The van der Waals surface area contributed by atoms with E-state index in [2.05, 4.69) is 0 Å². The highest BCUT2D eigenvalue weighted by atomic mass is 19.3. The normalized spacial score (nSPS) is 13.9. The summed E-state index contributed by atoms with van der Waals surface area (Å²) in [7, 11) is 0. The number of rotatable bonds is 1. The highest BCUT2D eigenvalue weighted by molar-refractivity contribution is 5.32. The van der Waals surface area contributed by atoms with Crippen molar-refractivity contribution in [2.24, 2.45) is 5.41 Å². The minimum absolute atomic E-state index is 0.107. The number of halogens is 2. The van der Waals surface area contributed by atoms with Gasteiger partial charge in [-0.15, -0.1) is 0 Å². The first-order valence-electron chi connectivity index (χ1n) is 5.95. The Hall–Kier alpha value is -0.920. The van der Waals surface area contributed by atoms with Crippen molar-refractivity contribution in [2.75, 3.05) is 0 Å². The van der Waals surface area contributed by atoms with Gasteiger partial charge in [0, 0.05) is 11.0 Å². The van der Waals surface area contributed by atoms with Crippen molar-refractivity contribution in [1.29, 1.82) is 0 Å². The molecule has 0 bridgehead atoms. The predicted octanol–water partition coefficient (Wildman–Crippen LogP) is 5.12. The van der Waals surface area contributed by atoms with Crippen molar-refractivity contribution in [3.05, 3.63) is 35.4 Å². The van der Waals surface area contributed by atoms with Crippen molar-refractivity contribution in [2.45, 2.75) is 52.9 Å². The Bertz CT molecular complexity index is 392. The van der Waals surface area contributed by atoms with Gasteiger partial charge in [0.1, 0.15) is 0 Å². The molecule has 0 amide bonds. The lowest BCUT2D eigenvalue weighted by Crippen LogP contribution is -2.31. The van der Waals surface area contributed by atoms with E-state index in [4.69, 9.17) is 0 Å². The van der Waals surface area contributed by atoms with Crippen LogP contribution in [0.4, 0.5) is 8.78 Å². The molecule has 0 fully saturated rings. The smallest absolute Gasteiger partial charge is 0.201 e. The molecule has 0 unspecified atom stereocenters. The van der Waals surface area contributed by atoms with E-state index in [9.17, 15) is 8.78 Å². The van der Waals surface area contributed by atoms with Gasteiger partial charge in [0.05, 0.1) is 0 Å². The van der Waals surface area contributed by atoms with Crippen LogP contribution in [0.2, 0.25) is 0 Å². The molecule has 1 aromatic rings. The third-order valence-electron chi connectivity index (χ3n) is 3.03. The van der Waals surface area contributed by atoms with Crippen molar-refractivity contribution in [3.63, 3.8) is 0 Å². The second kappa shape index (κ2) is 4.08. The number of hydrogen-bond acceptors (Lipinski definition) is 0. The molecule has 0 aliphatic heterocycles. The molecule has 0 spiro atoms. The molecular formula is C15H22F2. The maximum Gasteiger partial charge on any atom is 0.277 e. The summed E-state index contributed by atoms with van der Waals surface area (Å²) in [5.74, 6) is -2.81. The Morgan fingerprint density at radius 2 is 1.29 bits per heavy atom. The summed E-state index contributed by atoms with van der Waals surface area (Å²) in [6.45, 7) is 10.8. The van der Waals surface area contributed by atoms with Gasteiger partial charge < -0.3 is 0 Å². The number of benzene rings is 1. The third kappa shape index (κ3) is 2.85. The first kappa shape index (κ1) is 14.1. The lowest BCUT2D eigenvalue weighted by atomic mass is 9.80. The van der Waals surface area contributed by atoms with Crippen LogP contribution in [-0.2, 0) is 11.3 Å². The lowest BCUT2D eigenvalue weighted by Gasteiger charge is -2.31. The van der Waals surface area contributed by atoms with E-state index in [1.807, 2.05) is 26.8 Å². The zero-order valence-corrected chi connectivity index (χ0v) is 11.6. The van der Waals surface area contributed by atoms with Gasteiger partial charge in [-0.2, -0.15) is 0 Å². The minimum atomic E-state index is -2.81. The van der Waals surface area contributed by atoms with Crippen LogP contribution in [-0.4, -0.2) is 0 Å². The molecule has 17 heavy (non-hydrogen) atoms. The third-order valence-corrected chi connectivity index (χ3v) is 3.03. The largest absolute Gasteiger partial charge is 0.277 e. The van der Waals surface area contributed by atoms with Gasteiger partial charge >= 0.3 is 0 Å². The fourth-order valence-corrected chi connectivity index (χ4v) is 1.61. The molecule has 1 rings (SSSR count). The monoisotopic (exact) mass is 240 g/mol. The highest BCUT2D eigenvalue weighted by Crippen LogP contribution is 2.44. The van der Waals surface area contributed by atoms with E-state index < -0.39 is 11.3 Å². The summed E-state index contributed by atoms with van der Waals surface area (Å²) in [6.07, 6.45) is 0. The fraction of sp³-hybridized carbons (Fsp3) is 0.600. The second-order valence-electron chi connectivity index (χ2n) is 6.66. The maximum absolute atomic E-state index is 14.2. The Labute approximate surface area is 103 Å². The summed E-state index contributed by atoms with van der Waals surface area (Å²) in [4.78, 5) is 0. The summed E-state index contributed by atoms with van der Waals surface area (Å²) >= 11 is 0. The van der Waals surface area contributed by atoms with E-state index in [1.165, 1.54) is 6.07 Å². The molecule has 0 heterocycles. The molecular weight excluding hydrogens is 218 g/mol. The zero-order valence-electron chi connectivity index (χ0n) is 11.6. The van der Waals surface area contributed by atoms with Gasteiger partial charge in [-0.25, -0.2) is 8.78 Å². The predicted molar refractivity (Wildman–Crippen MR) is 68.5 cm³/mol. The van der Waals surface area contributed by atoms with Crippen LogP contribution in [0.15, 0.2) is 24.3 Å². The van der Waals surface area contributed by atoms with E-state index in [-0.39, 0.29) is 11.0 Å². The summed E-state index contributed by atoms with van der Waals surface area (Å²) < 4.78 is 28.5. The Balaban J connectivity index is 3.26. The van der Waals surface area contributed by atoms with Crippen molar-refractivity contribution < 1.29 is 8.78 Å². The molecule has 0 saturated carbocycles. The first-order chi connectivity index (χ1) is 7.46. The molecule has 0 radical (unpaired) electrons. The lowest BCUT2D eigenvalue weighted by molar-refractivity contribution is -0.104. The molecule has 0 saturated heterocycles. The quantitative estimate of drug-likeness (QED) is 0.639. The molecule has 0 atom stereocenters. The average molecular weight is 240 g/mol. The summed E-state index contributed by atoms with van der Waals surface area (Å²) in [6, 6.07) is 6.77. The van der Waals surface area contributed by atoms with Gasteiger partial charge in [-0.3, -0.25) is 0 Å². The molecule has 0 nitrogen and oxygen atoms in total. The Kier molecular flexibility index (Phi) is 3.39. The molecule has 0 aliphatic rings. The standard InChI is InChI=1S/C15H22F2/c1-13(2,3)11-8-7-9-12(10-11)15(16,17)14(4,5)6/h7-10H,1-6H3. The number of hydrogen-bond donors (Lipinski definition) is 0. The van der Waals surface area contributed by atoms with Crippen LogP contribution < -0.4 is 0 Å². The maximum atomic E-state index is 14.2. The SMILES string of the molecule is CC(C)(C)c1cccc(C(F)(F)C(C)(C)C)c1. The van der Waals surface area contributed by atoms with Crippen LogP contribution in [0, 0.1) is 5.41 Å². The number of alkyl halides is 2. The van der Waals surface area contributed by atoms with Crippen LogP contribution in [0.3, 0.4) is 0 Å². The van der Waals surface area contributed by atoms with Crippen LogP contribution in [0.5, 0.6) is 0 Å². The Morgan fingerprint density at radius 1 is 0.824 bits per heavy atom. The molecule has 0 aliphatic carbocycles. The van der Waals surface area contributed by atoms with Crippen molar-refractivity contribution in [1.82, 2.24) is 0 Å². The first-order valence-corrected chi connectivity index (χ1v) is 5.95. The molecule has 2 heteroatoms. The highest BCUT2D eigenvalue weighted by Gasteiger charge is 2.44. The van der Waals surface area contributed by atoms with Crippen LogP contribution in [0.1, 0.15) is 52.7 Å². The van der Waals surface area contributed by atoms with E-state index in [0.717, 1.165) is 5.56 Å². The van der Waals surface area contributed by atoms with Crippen LogP contribution >= 0.6 is 0 Å². The summed E-state index contributed by atoms with van der Waals surface area (Å²) in [5, 5.41) is 0. The van der Waals surface area contributed by atoms with E-state index in [1.54, 1.807) is 32.9 Å². The topological polar surface area (TPSA) is 0 Å². The van der Waals surface area contributed by atoms with Gasteiger partial charge in [0.2, 0.25) is 0 Å². The van der Waals surface area contributed by atoms with Gasteiger partial charge in [-0.1, -0.05) is 59.7 Å². The van der Waals surface area contributed by atoms with E-state index >= 15 is 0 Å².